The third kappa shape index (κ3) is 3.01. The first-order chi connectivity index (χ1) is 11.4. The second-order valence-corrected chi connectivity index (χ2v) is 7.13. The molecule has 2 heterocycles. The van der Waals surface area contributed by atoms with E-state index in [9.17, 15) is 8.42 Å². The second kappa shape index (κ2) is 6.34. The number of hydrogen-bond donors (Lipinski definition) is 1. The van der Waals surface area contributed by atoms with Gasteiger partial charge < -0.3 is 4.57 Å². The van der Waals surface area contributed by atoms with E-state index in [1.54, 1.807) is 12.1 Å². The van der Waals surface area contributed by atoms with Crippen LogP contribution in [0.3, 0.4) is 0 Å². The normalized spacial score (nSPS) is 16.3. The zero-order valence-electron chi connectivity index (χ0n) is 13.4. The van der Waals surface area contributed by atoms with E-state index in [4.69, 9.17) is 21.1 Å². The number of imidazole rings is 1. The zero-order valence-corrected chi connectivity index (χ0v) is 14.9. The molecule has 1 aliphatic rings. The summed E-state index contributed by atoms with van der Waals surface area (Å²) in [6.45, 7) is 4.85. The first-order valence-corrected chi connectivity index (χ1v) is 9.52. The molecule has 1 aliphatic heterocycles. The molecule has 7 nitrogen and oxygen atoms in total. The van der Waals surface area contributed by atoms with Gasteiger partial charge in [0, 0.05) is 24.4 Å². The van der Waals surface area contributed by atoms with E-state index in [0.29, 0.717) is 40.7 Å². The lowest BCUT2D eigenvalue weighted by Gasteiger charge is -2.20. The van der Waals surface area contributed by atoms with Crippen LogP contribution in [0.15, 0.2) is 17.3 Å². The Labute approximate surface area is 145 Å². The van der Waals surface area contributed by atoms with Crippen LogP contribution < -0.4 is 0 Å². The molecule has 24 heavy (non-hydrogen) atoms. The molecule has 0 atom stereocenters. The molecule has 130 valence electrons. The number of halogens is 1. The molecule has 0 fully saturated rings. The molecule has 0 bridgehead atoms. The molecule has 0 radical (unpaired) electrons. The predicted octanol–water partition coefficient (Wildman–Crippen LogP) is 3.52. The van der Waals surface area contributed by atoms with Gasteiger partial charge in [0.1, 0.15) is 11.3 Å². The van der Waals surface area contributed by atoms with E-state index < -0.39 is 10.4 Å². The van der Waals surface area contributed by atoms with Crippen LogP contribution in [0.25, 0.3) is 11.0 Å². The minimum Gasteiger partial charge on any atom is -0.327 e. The molecular weight excluding hydrogens is 354 g/mol. The van der Waals surface area contributed by atoms with Crippen LogP contribution in [0, 0.1) is 0 Å². The Bertz CT molecular complexity index is 916. The zero-order chi connectivity index (χ0) is 17.5. The lowest BCUT2D eigenvalue weighted by Crippen LogP contribution is -2.19. The quantitative estimate of drug-likeness (QED) is 0.641. The number of aryl methyl sites for hydroxylation is 1. The Morgan fingerprint density at radius 1 is 1.42 bits per heavy atom. The summed E-state index contributed by atoms with van der Waals surface area (Å²) in [7, 11) is -4.63. The van der Waals surface area contributed by atoms with Crippen LogP contribution in [-0.4, -0.2) is 28.2 Å². The van der Waals surface area contributed by atoms with Crippen molar-refractivity contribution in [2.24, 2.45) is 5.16 Å². The highest BCUT2D eigenvalue weighted by Crippen LogP contribution is 2.35. The molecular formula is C15H18ClN3O4S. The highest BCUT2D eigenvalue weighted by atomic mass is 35.5. The van der Waals surface area contributed by atoms with Crippen LogP contribution in [0.1, 0.15) is 50.4 Å². The maximum atomic E-state index is 10.8. The predicted molar refractivity (Wildman–Crippen MR) is 91.9 cm³/mol. The Morgan fingerprint density at radius 2 is 2.12 bits per heavy atom. The van der Waals surface area contributed by atoms with Crippen molar-refractivity contribution in [3.8, 4) is 0 Å². The molecule has 0 amide bonds. The maximum absolute atomic E-state index is 10.8. The fourth-order valence-corrected chi connectivity index (χ4v) is 3.57. The number of benzene rings is 1. The summed E-state index contributed by atoms with van der Waals surface area (Å²) >= 11 is 6.30. The van der Waals surface area contributed by atoms with Gasteiger partial charge in [0.05, 0.1) is 16.3 Å². The van der Waals surface area contributed by atoms with Crippen molar-refractivity contribution in [1.29, 1.82) is 0 Å². The van der Waals surface area contributed by atoms with Crippen LogP contribution >= 0.6 is 11.6 Å². The molecule has 1 aromatic heterocycles. The number of aromatic nitrogens is 2. The van der Waals surface area contributed by atoms with Crippen molar-refractivity contribution in [3.05, 3.63) is 28.5 Å². The number of rotatable bonds is 5. The van der Waals surface area contributed by atoms with Gasteiger partial charge >= 0.3 is 10.4 Å². The summed E-state index contributed by atoms with van der Waals surface area (Å²) in [4.78, 5) is 4.74. The van der Waals surface area contributed by atoms with E-state index in [-0.39, 0.29) is 0 Å². The topological polar surface area (TPSA) is 93.8 Å². The standard InChI is InChI=1S/C15H18ClN3O4S/c1-3-9(4-2)15-17-13-11(16)6-5-10-12(18-23-24(20,21)22)7-8-19(15)14(10)13/h5-6,9H,3-4,7-8H2,1-2H3,(H,20,21,22)/b18-12-. The average Bonchev–Trinajstić information content (AvgIpc) is 2.91. The van der Waals surface area contributed by atoms with E-state index in [0.717, 1.165) is 24.2 Å². The molecule has 0 aliphatic carbocycles. The SMILES string of the molecule is CCC(CC)c1nc2c(Cl)ccc3c2n1CC/C3=N/OS(=O)(=O)O. The van der Waals surface area contributed by atoms with Gasteiger partial charge in [0.15, 0.2) is 0 Å². The molecule has 0 saturated carbocycles. The maximum Gasteiger partial charge on any atom is 0.466 e. The number of oxime groups is 1. The lowest BCUT2D eigenvalue weighted by molar-refractivity contribution is 0.281. The van der Waals surface area contributed by atoms with Crippen LogP contribution in [0.4, 0.5) is 0 Å². The van der Waals surface area contributed by atoms with Crippen molar-refractivity contribution in [3.63, 3.8) is 0 Å². The van der Waals surface area contributed by atoms with Crippen LogP contribution in [0.2, 0.25) is 5.02 Å². The fraction of sp³-hybridized carbons (Fsp3) is 0.467. The molecule has 1 N–H and O–H groups in total. The summed E-state index contributed by atoms with van der Waals surface area (Å²) < 4.78 is 36.6. The minimum absolute atomic E-state index is 0.328. The average molecular weight is 372 g/mol. The second-order valence-electron chi connectivity index (χ2n) is 5.72. The van der Waals surface area contributed by atoms with Crippen molar-refractivity contribution < 1.29 is 17.3 Å². The molecule has 3 rings (SSSR count). The Morgan fingerprint density at radius 3 is 2.75 bits per heavy atom. The van der Waals surface area contributed by atoms with Gasteiger partial charge in [-0.25, -0.2) is 9.27 Å². The first-order valence-electron chi connectivity index (χ1n) is 7.77. The molecule has 2 aromatic rings. The van der Waals surface area contributed by atoms with E-state index in [1.165, 1.54) is 0 Å². The minimum atomic E-state index is -4.63. The highest BCUT2D eigenvalue weighted by molar-refractivity contribution is 7.80. The van der Waals surface area contributed by atoms with Gasteiger partial charge in [0.2, 0.25) is 0 Å². The highest BCUT2D eigenvalue weighted by Gasteiger charge is 2.26. The summed E-state index contributed by atoms with van der Waals surface area (Å²) in [5.74, 6) is 1.31. The van der Waals surface area contributed by atoms with Crippen molar-refractivity contribution in [1.82, 2.24) is 9.55 Å². The van der Waals surface area contributed by atoms with Crippen molar-refractivity contribution in [2.45, 2.75) is 45.6 Å². The molecule has 9 heteroatoms. The Kier molecular flexibility index (Phi) is 4.54. The van der Waals surface area contributed by atoms with E-state index >= 15 is 0 Å². The van der Waals surface area contributed by atoms with Gasteiger partial charge in [0.25, 0.3) is 0 Å². The Hall–Kier alpha value is -1.64. The summed E-state index contributed by atoms with van der Waals surface area (Å²) in [6.07, 6.45) is 2.42. The Balaban J connectivity index is 2.20. The summed E-state index contributed by atoms with van der Waals surface area (Å²) in [5, 5.41) is 4.14. The van der Waals surface area contributed by atoms with Crippen LogP contribution in [-0.2, 0) is 21.2 Å². The number of nitrogens with zero attached hydrogens (tertiary/aromatic N) is 3. The van der Waals surface area contributed by atoms with Gasteiger partial charge in [-0.3, -0.25) is 4.55 Å². The van der Waals surface area contributed by atoms with Gasteiger partial charge in [-0.2, -0.15) is 8.42 Å². The third-order valence-corrected chi connectivity index (χ3v) is 4.92. The number of hydrogen-bond acceptors (Lipinski definition) is 5. The van der Waals surface area contributed by atoms with Gasteiger partial charge in [-0.15, -0.1) is 0 Å². The molecule has 0 unspecified atom stereocenters. The smallest absolute Gasteiger partial charge is 0.327 e. The summed E-state index contributed by atoms with van der Waals surface area (Å²) in [6, 6.07) is 3.48. The third-order valence-electron chi connectivity index (χ3n) is 4.35. The largest absolute Gasteiger partial charge is 0.466 e. The lowest BCUT2D eigenvalue weighted by atomic mass is 10.0. The van der Waals surface area contributed by atoms with Gasteiger partial charge in [-0.1, -0.05) is 30.6 Å². The van der Waals surface area contributed by atoms with Crippen molar-refractivity contribution in [2.75, 3.05) is 0 Å². The van der Waals surface area contributed by atoms with E-state index in [1.807, 2.05) is 0 Å². The molecule has 0 saturated heterocycles. The first kappa shape index (κ1) is 17.2. The van der Waals surface area contributed by atoms with Crippen LogP contribution in [0.5, 0.6) is 0 Å². The summed E-state index contributed by atoms with van der Waals surface area (Å²) in [5.41, 5.74) is 2.66. The monoisotopic (exact) mass is 371 g/mol. The van der Waals surface area contributed by atoms with Crippen molar-refractivity contribution >= 4 is 38.7 Å². The molecule has 0 spiro atoms. The van der Waals surface area contributed by atoms with Gasteiger partial charge in [-0.05, 0) is 25.0 Å². The molecule has 1 aromatic carbocycles. The van der Waals surface area contributed by atoms with E-state index in [2.05, 4.69) is 27.9 Å². The fourth-order valence-electron chi connectivity index (χ4n) is 3.19.